The second-order valence-electron chi connectivity index (χ2n) is 6.92. The van der Waals surface area contributed by atoms with E-state index < -0.39 is 0 Å². The van der Waals surface area contributed by atoms with Gasteiger partial charge in [0.2, 0.25) is 0 Å². The molecule has 2 rings (SSSR count). The predicted octanol–water partition coefficient (Wildman–Crippen LogP) is 1.21. The van der Waals surface area contributed by atoms with Crippen LogP contribution in [0.25, 0.3) is 0 Å². The summed E-state index contributed by atoms with van der Waals surface area (Å²) < 4.78 is 10.6. The minimum absolute atomic E-state index is 0.0226. The maximum atomic E-state index is 12.5. The molecule has 0 fully saturated rings. The second kappa shape index (κ2) is 11.1. The summed E-state index contributed by atoms with van der Waals surface area (Å²) in [4.78, 5) is 27.2. The fourth-order valence-electron chi connectivity index (χ4n) is 2.86. The van der Waals surface area contributed by atoms with E-state index in [0.29, 0.717) is 24.6 Å². The highest BCUT2D eigenvalue weighted by Gasteiger charge is 2.17. The summed E-state index contributed by atoms with van der Waals surface area (Å²) in [6.07, 6.45) is 0. The zero-order valence-electron chi connectivity index (χ0n) is 17.5. The summed E-state index contributed by atoms with van der Waals surface area (Å²) in [7, 11) is 5.17. The summed E-state index contributed by atoms with van der Waals surface area (Å²) in [5, 5.41) is 2.83. The number of nitrogens with zero attached hydrogens (tertiary/aromatic N) is 1. The van der Waals surface area contributed by atoms with Gasteiger partial charge in [-0.2, -0.15) is 0 Å². The van der Waals surface area contributed by atoms with Crippen molar-refractivity contribution >= 4 is 17.5 Å². The zero-order chi connectivity index (χ0) is 21.2. The van der Waals surface area contributed by atoms with Crippen molar-refractivity contribution in [1.82, 2.24) is 4.90 Å². The van der Waals surface area contributed by atoms with Crippen molar-refractivity contribution in [3.05, 3.63) is 54.1 Å². The highest BCUT2D eigenvalue weighted by atomic mass is 16.5. The van der Waals surface area contributed by atoms with E-state index in [1.54, 1.807) is 31.2 Å². The first-order valence-electron chi connectivity index (χ1n) is 9.62. The number of carbonyl (C=O) groups excluding carboxylic acids is 2. The fraction of sp³-hybridized carbons (Fsp3) is 0.364. The Balaban J connectivity index is 1.80. The predicted molar refractivity (Wildman–Crippen MR) is 112 cm³/mol. The number of ether oxygens (including phenoxy) is 2. The number of amides is 2. The van der Waals surface area contributed by atoms with Gasteiger partial charge in [-0.05, 0) is 36.8 Å². The number of methoxy groups -OCH3 is 1. The minimum Gasteiger partial charge on any atom is -0.497 e. The maximum absolute atomic E-state index is 12.5. The average molecular weight is 400 g/mol. The van der Waals surface area contributed by atoms with Crippen LogP contribution in [0.4, 0.5) is 5.69 Å². The third kappa shape index (κ3) is 7.46. The molecule has 0 aliphatic rings. The number of carbonyl (C=O) groups is 2. The normalized spacial score (nSPS) is 11.4. The van der Waals surface area contributed by atoms with Crippen LogP contribution in [0.15, 0.2) is 48.5 Å². The molecule has 0 saturated heterocycles. The molecule has 0 radical (unpaired) electrons. The van der Waals surface area contributed by atoms with E-state index in [1.165, 1.54) is 0 Å². The third-order valence-electron chi connectivity index (χ3n) is 4.35. The standard InChI is InChI=1S/C22H29N3O4/c1-5-29-19-11-9-17(10-12-19)14-25(3)22(27)16-24(2)15-21(26)23-18-7-6-8-20(13-18)28-4/h6-13H,5,14-16H2,1-4H3,(H,23,26)/p+1. The van der Waals surface area contributed by atoms with Gasteiger partial charge in [-0.3, -0.25) is 9.59 Å². The van der Waals surface area contributed by atoms with Crippen molar-refractivity contribution in [1.29, 1.82) is 0 Å². The molecule has 0 saturated carbocycles. The lowest BCUT2D eigenvalue weighted by Crippen LogP contribution is -3.11. The number of quaternary nitrogens is 1. The van der Waals surface area contributed by atoms with E-state index in [-0.39, 0.29) is 24.9 Å². The van der Waals surface area contributed by atoms with Gasteiger partial charge in [0.25, 0.3) is 11.8 Å². The Morgan fingerprint density at radius 1 is 1.07 bits per heavy atom. The van der Waals surface area contributed by atoms with Crippen LogP contribution in [-0.2, 0) is 16.1 Å². The minimum atomic E-state index is -0.155. The molecule has 0 aromatic heterocycles. The zero-order valence-corrected chi connectivity index (χ0v) is 17.5. The van der Waals surface area contributed by atoms with Gasteiger partial charge in [0.15, 0.2) is 13.1 Å². The lowest BCUT2D eigenvalue weighted by Gasteiger charge is -2.20. The van der Waals surface area contributed by atoms with Gasteiger partial charge < -0.3 is 24.6 Å². The van der Waals surface area contributed by atoms with Crippen LogP contribution in [0.1, 0.15) is 12.5 Å². The Bertz CT molecular complexity index is 808. The van der Waals surface area contributed by atoms with Crippen molar-refractivity contribution in [2.75, 3.05) is 46.2 Å². The van der Waals surface area contributed by atoms with Crippen molar-refractivity contribution in [3.8, 4) is 11.5 Å². The van der Waals surface area contributed by atoms with Gasteiger partial charge in [0, 0.05) is 25.3 Å². The summed E-state index contributed by atoms with van der Waals surface area (Å²) in [5.41, 5.74) is 1.69. The van der Waals surface area contributed by atoms with Crippen LogP contribution < -0.4 is 19.7 Å². The Hall–Kier alpha value is -3.06. The van der Waals surface area contributed by atoms with Crippen LogP contribution in [-0.4, -0.2) is 57.6 Å². The van der Waals surface area contributed by atoms with Crippen LogP contribution in [0.5, 0.6) is 11.5 Å². The molecule has 2 amide bonds. The molecule has 29 heavy (non-hydrogen) atoms. The summed E-state index contributed by atoms with van der Waals surface area (Å²) in [6.45, 7) is 3.50. The number of hydrogen-bond donors (Lipinski definition) is 2. The van der Waals surface area contributed by atoms with E-state index in [2.05, 4.69) is 5.32 Å². The first-order chi connectivity index (χ1) is 13.9. The number of rotatable bonds is 10. The maximum Gasteiger partial charge on any atom is 0.279 e. The average Bonchev–Trinajstić information content (AvgIpc) is 2.69. The smallest absolute Gasteiger partial charge is 0.279 e. The largest absolute Gasteiger partial charge is 0.497 e. The van der Waals surface area contributed by atoms with Crippen LogP contribution >= 0.6 is 0 Å². The molecule has 7 nitrogen and oxygen atoms in total. The van der Waals surface area contributed by atoms with E-state index in [0.717, 1.165) is 16.2 Å². The summed E-state index contributed by atoms with van der Waals surface area (Å²) in [6, 6.07) is 14.9. The molecule has 1 unspecified atom stereocenters. The van der Waals surface area contributed by atoms with E-state index in [9.17, 15) is 9.59 Å². The van der Waals surface area contributed by atoms with Crippen molar-refractivity contribution in [3.63, 3.8) is 0 Å². The van der Waals surface area contributed by atoms with E-state index in [4.69, 9.17) is 9.47 Å². The fourth-order valence-corrected chi connectivity index (χ4v) is 2.86. The Morgan fingerprint density at radius 3 is 2.45 bits per heavy atom. The number of nitrogens with one attached hydrogen (secondary N) is 2. The number of anilines is 1. The molecule has 0 aliphatic carbocycles. The van der Waals surface area contributed by atoms with E-state index in [1.807, 2.05) is 50.4 Å². The highest BCUT2D eigenvalue weighted by Crippen LogP contribution is 2.16. The Kier molecular flexibility index (Phi) is 8.48. The lowest BCUT2D eigenvalue weighted by atomic mass is 10.2. The molecule has 156 valence electrons. The molecule has 0 spiro atoms. The lowest BCUT2D eigenvalue weighted by molar-refractivity contribution is -0.862. The van der Waals surface area contributed by atoms with Crippen LogP contribution in [0.3, 0.4) is 0 Å². The van der Waals surface area contributed by atoms with Gasteiger partial charge in [-0.25, -0.2) is 0 Å². The molecule has 2 aromatic carbocycles. The quantitative estimate of drug-likeness (QED) is 0.629. The summed E-state index contributed by atoms with van der Waals surface area (Å²) >= 11 is 0. The van der Waals surface area contributed by atoms with Crippen LogP contribution in [0, 0.1) is 0 Å². The van der Waals surface area contributed by atoms with E-state index >= 15 is 0 Å². The Morgan fingerprint density at radius 2 is 1.79 bits per heavy atom. The first-order valence-corrected chi connectivity index (χ1v) is 9.62. The van der Waals surface area contributed by atoms with Gasteiger partial charge in [-0.1, -0.05) is 18.2 Å². The molecule has 0 heterocycles. The molecule has 7 heteroatoms. The molecular weight excluding hydrogens is 370 g/mol. The third-order valence-corrected chi connectivity index (χ3v) is 4.35. The molecule has 2 aromatic rings. The van der Waals surface area contributed by atoms with Crippen LogP contribution in [0.2, 0.25) is 0 Å². The topological polar surface area (TPSA) is 72.3 Å². The van der Waals surface area contributed by atoms with Gasteiger partial charge in [0.1, 0.15) is 11.5 Å². The van der Waals surface area contributed by atoms with Crippen molar-refractivity contribution in [2.45, 2.75) is 13.5 Å². The Labute approximate surface area is 172 Å². The molecule has 0 aliphatic heterocycles. The number of hydrogen-bond acceptors (Lipinski definition) is 4. The highest BCUT2D eigenvalue weighted by molar-refractivity contribution is 5.91. The van der Waals surface area contributed by atoms with Crippen molar-refractivity contribution in [2.24, 2.45) is 0 Å². The molecule has 1 atom stereocenters. The summed E-state index contributed by atoms with van der Waals surface area (Å²) in [5.74, 6) is 1.31. The van der Waals surface area contributed by atoms with Gasteiger partial charge in [-0.15, -0.1) is 0 Å². The van der Waals surface area contributed by atoms with Crippen molar-refractivity contribution < 1.29 is 24.0 Å². The van der Waals surface area contributed by atoms with Gasteiger partial charge in [0.05, 0.1) is 20.8 Å². The number of likely N-dealkylation sites (N-methyl/N-ethyl adjacent to an activating group) is 2. The molecular formula is C22H30N3O4+. The second-order valence-corrected chi connectivity index (χ2v) is 6.92. The monoisotopic (exact) mass is 400 g/mol. The first kappa shape index (κ1) is 22.2. The molecule has 2 N–H and O–H groups in total. The molecule has 0 bridgehead atoms. The SMILES string of the molecule is CCOc1ccc(CN(C)C(=O)C[NH+](C)CC(=O)Nc2cccc(OC)c2)cc1. The van der Waals surface area contributed by atoms with Gasteiger partial charge >= 0.3 is 0 Å². The number of benzene rings is 2.